The van der Waals surface area contributed by atoms with E-state index < -0.39 is 0 Å². The Morgan fingerprint density at radius 2 is 2.80 bits per heavy atom. The first-order valence-corrected chi connectivity index (χ1v) is 2.59. The normalized spacial score (nSPS) is 9.50. The molecule has 0 amide bonds. The van der Waals surface area contributed by atoms with E-state index in [4.69, 9.17) is 5.26 Å². The first kappa shape index (κ1) is 6.29. The summed E-state index contributed by atoms with van der Waals surface area (Å²) in [6.45, 7) is 0. The van der Waals surface area contributed by atoms with Crippen LogP contribution in [-0.4, -0.2) is 16.3 Å². The lowest BCUT2D eigenvalue weighted by Crippen LogP contribution is -1.98. The Labute approximate surface area is 57.4 Å². The van der Waals surface area contributed by atoms with Crippen LogP contribution in [0, 0.1) is 11.5 Å². The number of aromatic amines is 1. The first-order chi connectivity index (χ1) is 4.93. The summed E-state index contributed by atoms with van der Waals surface area (Å²) in [6.07, 6.45) is 6.05. The van der Waals surface area contributed by atoms with Gasteiger partial charge in [-0.2, -0.15) is 5.26 Å². The van der Waals surface area contributed by atoms with E-state index in [0.29, 0.717) is 5.82 Å². The summed E-state index contributed by atoms with van der Waals surface area (Å²) in [7, 11) is 0. The molecule has 50 valence electrons. The second kappa shape index (κ2) is 3.25. The molecular formula is C5H5N5. The van der Waals surface area contributed by atoms with Crippen molar-refractivity contribution in [3.05, 3.63) is 12.5 Å². The summed E-state index contributed by atoms with van der Waals surface area (Å²) in [5.41, 5.74) is 0. The summed E-state index contributed by atoms with van der Waals surface area (Å²) in [5.74, 6) is 0.614. The fourth-order valence-corrected chi connectivity index (χ4v) is 0.450. The van der Waals surface area contributed by atoms with Gasteiger partial charge in [-0.25, -0.2) is 9.98 Å². The Morgan fingerprint density at radius 3 is 3.40 bits per heavy atom. The zero-order valence-corrected chi connectivity index (χ0v) is 5.07. The van der Waals surface area contributed by atoms with Crippen LogP contribution in [-0.2, 0) is 0 Å². The van der Waals surface area contributed by atoms with E-state index in [1.165, 1.54) is 12.7 Å². The van der Waals surface area contributed by atoms with Crippen molar-refractivity contribution in [1.82, 2.24) is 15.3 Å². The molecule has 0 saturated heterocycles. The molecule has 5 heteroatoms. The molecule has 0 atom stereocenters. The number of nitrogens with one attached hydrogen (secondary N) is 2. The number of hydrogen-bond donors (Lipinski definition) is 2. The fraction of sp³-hybridized carbons (Fsp3) is 0. The molecule has 0 fully saturated rings. The molecule has 10 heavy (non-hydrogen) atoms. The third-order valence-electron chi connectivity index (χ3n) is 0.817. The minimum atomic E-state index is 0.614. The van der Waals surface area contributed by atoms with Gasteiger partial charge in [0.05, 0.1) is 12.5 Å². The molecular weight excluding hydrogens is 130 g/mol. The summed E-state index contributed by atoms with van der Waals surface area (Å²) in [4.78, 5) is 10.2. The van der Waals surface area contributed by atoms with Crippen molar-refractivity contribution in [3.8, 4) is 6.19 Å². The zero-order chi connectivity index (χ0) is 7.23. The summed E-state index contributed by atoms with van der Waals surface area (Å²) >= 11 is 0. The van der Waals surface area contributed by atoms with Crippen LogP contribution in [0.25, 0.3) is 0 Å². The molecule has 0 unspecified atom stereocenters. The molecule has 0 bridgehead atoms. The monoisotopic (exact) mass is 135 g/mol. The van der Waals surface area contributed by atoms with Gasteiger partial charge in [0.25, 0.3) is 0 Å². The van der Waals surface area contributed by atoms with E-state index in [2.05, 4.69) is 20.3 Å². The van der Waals surface area contributed by atoms with Gasteiger partial charge in [0.2, 0.25) is 0 Å². The van der Waals surface area contributed by atoms with Crippen molar-refractivity contribution in [1.29, 1.82) is 5.26 Å². The molecule has 0 aliphatic carbocycles. The van der Waals surface area contributed by atoms with E-state index in [1.54, 1.807) is 12.4 Å². The lowest BCUT2D eigenvalue weighted by molar-refractivity contribution is 1.26. The maximum absolute atomic E-state index is 8.02. The van der Waals surface area contributed by atoms with Gasteiger partial charge >= 0.3 is 0 Å². The van der Waals surface area contributed by atoms with Crippen molar-refractivity contribution in [2.45, 2.75) is 0 Å². The SMILES string of the molecule is N#CN/C=N\c1cnc[nH]1. The molecule has 0 saturated carbocycles. The highest BCUT2D eigenvalue weighted by atomic mass is 15.0. The van der Waals surface area contributed by atoms with Gasteiger partial charge < -0.3 is 4.98 Å². The van der Waals surface area contributed by atoms with Crippen LogP contribution in [0.3, 0.4) is 0 Å². The topological polar surface area (TPSA) is 76.9 Å². The van der Waals surface area contributed by atoms with Crippen LogP contribution in [0.2, 0.25) is 0 Å². The van der Waals surface area contributed by atoms with Gasteiger partial charge in [-0.3, -0.25) is 5.32 Å². The molecule has 1 aromatic heterocycles. The number of nitrogens with zero attached hydrogens (tertiary/aromatic N) is 3. The highest BCUT2D eigenvalue weighted by Crippen LogP contribution is 2.00. The molecule has 2 N–H and O–H groups in total. The predicted octanol–water partition coefficient (Wildman–Crippen LogP) is 0.140. The molecule has 0 radical (unpaired) electrons. The molecule has 0 aromatic carbocycles. The Morgan fingerprint density at radius 1 is 1.90 bits per heavy atom. The van der Waals surface area contributed by atoms with Crippen LogP contribution in [0.1, 0.15) is 0 Å². The van der Waals surface area contributed by atoms with Gasteiger partial charge in [-0.15, -0.1) is 0 Å². The standard InChI is InChI=1S/C5H5N5/c6-2-8-4-10-5-1-7-3-9-5/h1,3-4H,(H,7,9)(H,8,10). The number of aliphatic imine (C=N–C) groups is 1. The Hall–Kier alpha value is -1.83. The molecule has 5 nitrogen and oxygen atoms in total. The van der Waals surface area contributed by atoms with Crippen LogP contribution in [0.15, 0.2) is 17.5 Å². The second-order valence-corrected chi connectivity index (χ2v) is 1.45. The average molecular weight is 135 g/mol. The van der Waals surface area contributed by atoms with Crippen molar-refractivity contribution in [2.75, 3.05) is 0 Å². The minimum absolute atomic E-state index is 0.614. The lowest BCUT2D eigenvalue weighted by Gasteiger charge is -1.80. The Kier molecular flexibility index (Phi) is 2.04. The summed E-state index contributed by atoms with van der Waals surface area (Å²) < 4.78 is 0. The number of imidazole rings is 1. The highest BCUT2D eigenvalue weighted by molar-refractivity contribution is 5.60. The lowest BCUT2D eigenvalue weighted by atomic mass is 10.8. The van der Waals surface area contributed by atoms with E-state index in [-0.39, 0.29) is 0 Å². The van der Waals surface area contributed by atoms with Gasteiger partial charge in [0.15, 0.2) is 12.0 Å². The smallest absolute Gasteiger partial charge is 0.182 e. The van der Waals surface area contributed by atoms with Crippen molar-refractivity contribution < 1.29 is 0 Å². The maximum Gasteiger partial charge on any atom is 0.182 e. The van der Waals surface area contributed by atoms with Gasteiger partial charge in [-0.05, 0) is 0 Å². The van der Waals surface area contributed by atoms with Crippen molar-refractivity contribution in [3.63, 3.8) is 0 Å². The number of nitriles is 1. The number of H-pyrrole nitrogens is 1. The number of rotatable bonds is 2. The third-order valence-corrected chi connectivity index (χ3v) is 0.817. The zero-order valence-electron chi connectivity index (χ0n) is 5.07. The van der Waals surface area contributed by atoms with Gasteiger partial charge in [-0.1, -0.05) is 0 Å². The highest BCUT2D eigenvalue weighted by Gasteiger charge is 1.82. The molecule has 0 aliphatic heterocycles. The Bertz CT molecular complexity index is 242. The van der Waals surface area contributed by atoms with Crippen LogP contribution in [0.4, 0.5) is 5.82 Å². The van der Waals surface area contributed by atoms with E-state index in [1.807, 2.05) is 0 Å². The molecule has 1 aromatic rings. The van der Waals surface area contributed by atoms with Crippen LogP contribution >= 0.6 is 0 Å². The van der Waals surface area contributed by atoms with Crippen molar-refractivity contribution >= 4 is 12.2 Å². The molecule has 1 heterocycles. The van der Waals surface area contributed by atoms with Crippen molar-refractivity contribution in [2.24, 2.45) is 4.99 Å². The van der Waals surface area contributed by atoms with E-state index >= 15 is 0 Å². The van der Waals surface area contributed by atoms with Crippen LogP contribution in [0.5, 0.6) is 0 Å². The third kappa shape index (κ3) is 1.59. The number of aromatic nitrogens is 2. The van der Waals surface area contributed by atoms with Crippen LogP contribution < -0.4 is 5.32 Å². The molecule has 0 spiro atoms. The molecule has 1 rings (SSSR count). The largest absolute Gasteiger partial charge is 0.330 e. The second-order valence-electron chi connectivity index (χ2n) is 1.45. The van der Waals surface area contributed by atoms with Gasteiger partial charge in [0, 0.05) is 0 Å². The quantitative estimate of drug-likeness (QED) is 0.262. The Balaban J connectivity index is 2.49. The minimum Gasteiger partial charge on any atom is -0.330 e. The summed E-state index contributed by atoms with van der Waals surface area (Å²) in [5, 5.41) is 10.3. The van der Waals surface area contributed by atoms with Gasteiger partial charge in [0.1, 0.15) is 6.34 Å². The summed E-state index contributed by atoms with van der Waals surface area (Å²) in [6, 6.07) is 0. The van der Waals surface area contributed by atoms with E-state index in [9.17, 15) is 0 Å². The molecule has 0 aliphatic rings. The predicted molar refractivity (Wildman–Crippen MR) is 35.5 cm³/mol. The first-order valence-electron chi connectivity index (χ1n) is 2.59. The number of hydrogen-bond acceptors (Lipinski definition) is 3. The van der Waals surface area contributed by atoms with E-state index in [0.717, 1.165) is 0 Å². The fourth-order valence-electron chi connectivity index (χ4n) is 0.450. The average Bonchev–Trinajstić information content (AvgIpc) is 2.41. The maximum atomic E-state index is 8.02.